The second-order valence-electron chi connectivity index (χ2n) is 4.69. The van der Waals surface area contributed by atoms with Crippen molar-refractivity contribution >= 4 is 27.1 Å². The van der Waals surface area contributed by atoms with Crippen LogP contribution in [0.2, 0.25) is 0 Å². The zero-order valence-corrected chi connectivity index (χ0v) is 11.1. The van der Waals surface area contributed by atoms with Crippen LogP contribution >= 0.6 is 11.3 Å². The van der Waals surface area contributed by atoms with Crippen molar-refractivity contribution in [1.82, 2.24) is 0 Å². The molecule has 1 unspecified atom stereocenters. The molecule has 1 aliphatic rings. The molecule has 94 valence electrons. The molecule has 1 aliphatic heterocycles. The summed E-state index contributed by atoms with van der Waals surface area (Å²) >= 11 is 1.79. The lowest BCUT2D eigenvalue weighted by atomic mass is 10.0. The van der Waals surface area contributed by atoms with Crippen LogP contribution in [0.25, 0.3) is 10.1 Å². The quantitative estimate of drug-likeness (QED) is 0.703. The van der Waals surface area contributed by atoms with E-state index in [2.05, 4.69) is 41.0 Å². The predicted octanol–water partition coefficient (Wildman–Crippen LogP) is 4.45. The molecule has 0 saturated carbocycles. The van der Waals surface area contributed by atoms with Gasteiger partial charge in [-0.2, -0.15) is 0 Å². The first-order valence-electron chi connectivity index (χ1n) is 6.36. The van der Waals surface area contributed by atoms with Gasteiger partial charge in [0.1, 0.15) is 12.4 Å². The van der Waals surface area contributed by atoms with Crippen molar-refractivity contribution in [2.75, 3.05) is 11.9 Å². The number of hydrogen-bond donors (Lipinski definition) is 1. The Labute approximate surface area is 115 Å². The van der Waals surface area contributed by atoms with Crippen molar-refractivity contribution in [3.05, 3.63) is 59.5 Å². The largest absolute Gasteiger partial charge is 0.489 e. The lowest BCUT2D eigenvalue weighted by Crippen LogP contribution is -2.23. The second-order valence-corrected chi connectivity index (χ2v) is 5.60. The van der Waals surface area contributed by atoms with Crippen LogP contribution in [0.5, 0.6) is 5.75 Å². The van der Waals surface area contributed by atoms with E-state index in [1.54, 1.807) is 11.3 Å². The standard InChI is InChI=1S/C16H13NOS/c1-4-8-16-11(5-1)12(10-19-16)14-9-18-15-7-3-2-6-13(15)17-14/h1-8,10,14,17H,9H2. The van der Waals surface area contributed by atoms with Crippen LogP contribution in [0.4, 0.5) is 5.69 Å². The summed E-state index contributed by atoms with van der Waals surface area (Å²) in [6.07, 6.45) is 0. The van der Waals surface area contributed by atoms with E-state index < -0.39 is 0 Å². The maximum atomic E-state index is 5.85. The maximum Gasteiger partial charge on any atom is 0.142 e. The van der Waals surface area contributed by atoms with Gasteiger partial charge in [0.25, 0.3) is 0 Å². The van der Waals surface area contributed by atoms with Crippen LogP contribution in [-0.2, 0) is 0 Å². The van der Waals surface area contributed by atoms with E-state index in [-0.39, 0.29) is 6.04 Å². The van der Waals surface area contributed by atoms with E-state index >= 15 is 0 Å². The molecular weight excluding hydrogens is 254 g/mol. The normalized spacial score (nSPS) is 17.6. The molecular formula is C16H13NOS. The van der Waals surface area contributed by atoms with Crippen LogP contribution in [-0.4, -0.2) is 6.61 Å². The second kappa shape index (κ2) is 4.28. The number of hydrogen-bond acceptors (Lipinski definition) is 3. The van der Waals surface area contributed by atoms with E-state index in [4.69, 9.17) is 4.74 Å². The van der Waals surface area contributed by atoms with Crippen molar-refractivity contribution in [3.63, 3.8) is 0 Å². The summed E-state index contributed by atoms with van der Waals surface area (Å²) in [5, 5.41) is 7.14. The van der Waals surface area contributed by atoms with Crippen molar-refractivity contribution in [2.24, 2.45) is 0 Å². The van der Waals surface area contributed by atoms with Crippen molar-refractivity contribution in [1.29, 1.82) is 0 Å². The van der Waals surface area contributed by atoms with Gasteiger partial charge < -0.3 is 10.1 Å². The van der Waals surface area contributed by atoms with E-state index in [0.29, 0.717) is 6.61 Å². The fourth-order valence-electron chi connectivity index (χ4n) is 2.55. The Morgan fingerprint density at radius 1 is 1.05 bits per heavy atom. The van der Waals surface area contributed by atoms with Crippen LogP contribution in [0, 0.1) is 0 Å². The summed E-state index contributed by atoms with van der Waals surface area (Å²) in [6.45, 7) is 0.678. The van der Waals surface area contributed by atoms with Gasteiger partial charge in [-0.15, -0.1) is 11.3 Å². The van der Waals surface area contributed by atoms with Gasteiger partial charge in [0.15, 0.2) is 0 Å². The van der Waals surface area contributed by atoms with Crippen molar-refractivity contribution < 1.29 is 4.74 Å². The molecule has 0 radical (unpaired) electrons. The SMILES string of the molecule is c1ccc2c(c1)NC(c1csc3ccccc13)CO2. The molecule has 0 fully saturated rings. The molecule has 2 heterocycles. The fourth-order valence-corrected chi connectivity index (χ4v) is 3.57. The van der Waals surface area contributed by atoms with Gasteiger partial charge in [0.05, 0.1) is 11.7 Å². The molecule has 1 N–H and O–H groups in total. The molecule has 1 aromatic heterocycles. The molecule has 2 aromatic carbocycles. The minimum Gasteiger partial charge on any atom is -0.489 e. The van der Waals surface area contributed by atoms with Crippen LogP contribution in [0.15, 0.2) is 53.9 Å². The molecule has 0 bridgehead atoms. The van der Waals surface area contributed by atoms with Crippen molar-refractivity contribution in [3.8, 4) is 5.75 Å². The number of ether oxygens (including phenoxy) is 1. The number of nitrogens with one attached hydrogen (secondary N) is 1. The van der Waals surface area contributed by atoms with Gasteiger partial charge >= 0.3 is 0 Å². The first kappa shape index (κ1) is 10.9. The first-order valence-corrected chi connectivity index (χ1v) is 7.24. The number of benzene rings is 2. The molecule has 19 heavy (non-hydrogen) atoms. The fraction of sp³-hybridized carbons (Fsp3) is 0.125. The molecule has 0 amide bonds. The van der Waals surface area contributed by atoms with Gasteiger partial charge in [-0.3, -0.25) is 0 Å². The number of anilines is 1. The zero-order chi connectivity index (χ0) is 12.7. The van der Waals surface area contributed by atoms with Gasteiger partial charge in [0.2, 0.25) is 0 Å². The van der Waals surface area contributed by atoms with Crippen molar-refractivity contribution in [2.45, 2.75) is 6.04 Å². The van der Waals surface area contributed by atoms with E-state index in [1.807, 2.05) is 18.2 Å². The predicted molar refractivity (Wildman–Crippen MR) is 80.1 cm³/mol. The smallest absolute Gasteiger partial charge is 0.142 e. The number of thiophene rings is 1. The highest BCUT2D eigenvalue weighted by Crippen LogP contribution is 2.37. The first-order chi connectivity index (χ1) is 9.42. The Bertz CT molecular complexity index is 734. The van der Waals surface area contributed by atoms with Gasteiger partial charge in [-0.1, -0.05) is 30.3 Å². The molecule has 1 atom stereocenters. The number of rotatable bonds is 1. The summed E-state index contributed by atoms with van der Waals surface area (Å²) < 4.78 is 7.18. The van der Waals surface area contributed by atoms with Crippen LogP contribution in [0.3, 0.4) is 0 Å². The highest BCUT2D eigenvalue weighted by Gasteiger charge is 2.22. The molecule has 0 spiro atoms. The zero-order valence-electron chi connectivity index (χ0n) is 10.3. The molecule has 0 saturated heterocycles. The van der Waals surface area contributed by atoms with Crippen LogP contribution < -0.4 is 10.1 Å². The van der Waals surface area contributed by atoms with E-state index in [9.17, 15) is 0 Å². The Hall–Kier alpha value is -2.00. The Morgan fingerprint density at radius 2 is 1.89 bits per heavy atom. The van der Waals surface area contributed by atoms with Gasteiger partial charge in [-0.05, 0) is 34.5 Å². The van der Waals surface area contributed by atoms with Gasteiger partial charge in [0, 0.05) is 4.70 Å². The average Bonchev–Trinajstić information content (AvgIpc) is 2.91. The van der Waals surface area contributed by atoms with Gasteiger partial charge in [-0.25, -0.2) is 0 Å². The molecule has 0 aliphatic carbocycles. The molecule has 2 nitrogen and oxygen atoms in total. The Morgan fingerprint density at radius 3 is 2.89 bits per heavy atom. The third-order valence-corrected chi connectivity index (χ3v) is 4.49. The monoisotopic (exact) mass is 267 g/mol. The number of fused-ring (bicyclic) bond motifs is 2. The topological polar surface area (TPSA) is 21.3 Å². The lowest BCUT2D eigenvalue weighted by molar-refractivity contribution is 0.287. The minimum atomic E-state index is 0.228. The third-order valence-electron chi connectivity index (χ3n) is 3.51. The molecule has 4 rings (SSSR count). The summed E-state index contributed by atoms with van der Waals surface area (Å²) in [6, 6.07) is 16.9. The van der Waals surface area contributed by atoms with E-state index in [0.717, 1.165) is 11.4 Å². The minimum absolute atomic E-state index is 0.228. The Balaban J connectivity index is 1.75. The summed E-state index contributed by atoms with van der Waals surface area (Å²) in [5.41, 5.74) is 2.41. The molecule has 3 aromatic rings. The third kappa shape index (κ3) is 1.78. The summed E-state index contributed by atoms with van der Waals surface area (Å²) in [4.78, 5) is 0. The summed E-state index contributed by atoms with van der Waals surface area (Å²) in [5.74, 6) is 0.943. The highest BCUT2D eigenvalue weighted by atomic mass is 32.1. The lowest BCUT2D eigenvalue weighted by Gasteiger charge is -2.27. The highest BCUT2D eigenvalue weighted by molar-refractivity contribution is 7.17. The maximum absolute atomic E-state index is 5.85. The molecule has 3 heteroatoms. The summed E-state index contributed by atoms with van der Waals surface area (Å²) in [7, 11) is 0. The Kier molecular flexibility index (Phi) is 2.45. The van der Waals surface area contributed by atoms with Crippen LogP contribution in [0.1, 0.15) is 11.6 Å². The van der Waals surface area contributed by atoms with E-state index in [1.165, 1.54) is 15.6 Å². The number of para-hydroxylation sites is 2. The average molecular weight is 267 g/mol.